The van der Waals surface area contributed by atoms with Crippen molar-refractivity contribution in [3.8, 4) is 28.2 Å². The molecule has 246 valence electrons. The fourth-order valence-electron chi connectivity index (χ4n) is 8.69. The number of aromatic nitrogens is 3. The van der Waals surface area contributed by atoms with Gasteiger partial charge in [-0.2, -0.15) is 0 Å². The van der Waals surface area contributed by atoms with Crippen LogP contribution in [0.1, 0.15) is 0 Å². The molecule has 0 saturated heterocycles. The van der Waals surface area contributed by atoms with Crippen molar-refractivity contribution in [3.63, 3.8) is 0 Å². The van der Waals surface area contributed by atoms with Crippen molar-refractivity contribution in [2.75, 3.05) is 0 Å². The van der Waals surface area contributed by atoms with Crippen LogP contribution in [0.4, 0.5) is 5.69 Å². The van der Waals surface area contributed by atoms with Crippen molar-refractivity contribution in [2.45, 2.75) is 0 Å². The molecule has 0 fully saturated rings. The van der Waals surface area contributed by atoms with Crippen LogP contribution in [0, 0.1) is 6.57 Å². The Morgan fingerprint density at radius 2 is 0.830 bits per heavy atom. The Balaban J connectivity index is 1.20. The number of hydrogen-bond acceptors (Lipinski definition) is 0. The maximum absolute atomic E-state index is 8.18. The second-order valence-corrected chi connectivity index (χ2v) is 13.6. The molecule has 0 amide bonds. The number of hydrogen-bond donors (Lipinski definition) is 0. The second-order valence-electron chi connectivity index (χ2n) is 13.6. The lowest BCUT2D eigenvalue weighted by atomic mass is 10.0. The fraction of sp³-hybridized carbons (Fsp3) is 0. The van der Waals surface area contributed by atoms with E-state index in [1.165, 1.54) is 43.4 Å². The molecule has 4 heteroatoms. The molecule has 4 nitrogen and oxygen atoms in total. The first-order valence-corrected chi connectivity index (χ1v) is 17.9. The molecule has 3 aromatic heterocycles. The third kappa shape index (κ3) is 4.22. The molecule has 0 radical (unpaired) electrons. The molecule has 0 unspecified atom stereocenters. The predicted octanol–water partition coefficient (Wildman–Crippen LogP) is 13.2. The minimum atomic E-state index is 0.604. The summed E-state index contributed by atoms with van der Waals surface area (Å²) in [4.78, 5) is 4.00. The van der Waals surface area contributed by atoms with Gasteiger partial charge in [0.1, 0.15) is 0 Å². The van der Waals surface area contributed by atoms with Gasteiger partial charge < -0.3 is 13.7 Å². The molecule has 3 heterocycles. The predicted molar refractivity (Wildman–Crippen MR) is 221 cm³/mol. The van der Waals surface area contributed by atoms with Crippen LogP contribution in [0.25, 0.3) is 98.5 Å². The maximum Gasteiger partial charge on any atom is 0.189 e. The van der Waals surface area contributed by atoms with Gasteiger partial charge in [0.2, 0.25) is 0 Å². The van der Waals surface area contributed by atoms with Gasteiger partial charge in [0.05, 0.1) is 45.4 Å². The average Bonchev–Trinajstić information content (AvgIpc) is 3.86. The van der Waals surface area contributed by atoms with E-state index in [-0.39, 0.29) is 0 Å². The van der Waals surface area contributed by atoms with Gasteiger partial charge in [-0.25, -0.2) is 4.85 Å². The standard InChI is InChI=1S/C49H30N4/c1-50-33-29-32(30-35(31-33)52-42-23-11-6-18-37(42)38-19-7-12-24-43(38)52)36-17-5-10-22-41(36)53-45-26-14-9-21-40(45)49-47(53)28-27-46-48(49)39-20-8-13-25-44(39)51(46)34-15-3-2-4-16-34/h2-31H. The normalized spacial score (nSPS) is 11.8. The van der Waals surface area contributed by atoms with Crippen molar-refractivity contribution >= 4 is 71.1 Å². The van der Waals surface area contributed by atoms with E-state index in [1.807, 2.05) is 12.1 Å². The SMILES string of the molecule is [C-]#[N+]c1cc(-c2ccccc2-n2c3ccccc3c3c4c5ccccc5n(-c5ccccc5)c4ccc32)cc(-n2c3ccccc3c3ccccc32)c1. The van der Waals surface area contributed by atoms with Crippen LogP contribution in [0.15, 0.2) is 182 Å². The van der Waals surface area contributed by atoms with Crippen molar-refractivity contribution in [1.82, 2.24) is 13.7 Å². The van der Waals surface area contributed by atoms with Gasteiger partial charge in [0.15, 0.2) is 5.69 Å². The first-order valence-electron chi connectivity index (χ1n) is 17.9. The highest BCUT2D eigenvalue weighted by molar-refractivity contribution is 6.29. The van der Waals surface area contributed by atoms with Gasteiger partial charge in [0, 0.05) is 49.3 Å². The largest absolute Gasteiger partial charge is 0.310 e. The zero-order valence-corrected chi connectivity index (χ0v) is 28.6. The quantitative estimate of drug-likeness (QED) is 0.166. The number of nitrogens with zero attached hydrogens (tertiary/aromatic N) is 4. The van der Waals surface area contributed by atoms with Crippen LogP contribution in [-0.4, -0.2) is 13.7 Å². The van der Waals surface area contributed by atoms with Crippen LogP contribution in [0.5, 0.6) is 0 Å². The Hall–Kier alpha value is -7.35. The molecule has 11 rings (SSSR count). The average molecular weight is 675 g/mol. The Morgan fingerprint density at radius 1 is 0.358 bits per heavy atom. The van der Waals surface area contributed by atoms with E-state index in [4.69, 9.17) is 6.57 Å². The monoisotopic (exact) mass is 674 g/mol. The second kappa shape index (κ2) is 11.3. The molecule has 0 N–H and O–H groups in total. The lowest BCUT2D eigenvalue weighted by Gasteiger charge is -2.16. The van der Waals surface area contributed by atoms with Gasteiger partial charge in [0.25, 0.3) is 0 Å². The Kier molecular flexibility index (Phi) is 6.28. The number of fused-ring (bicyclic) bond motifs is 10. The van der Waals surface area contributed by atoms with Crippen LogP contribution >= 0.6 is 0 Å². The van der Waals surface area contributed by atoms with E-state index in [1.54, 1.807) is 0 Å². The number of benzene rings is 8. The molecule has 0 atom stereocenters. The summed E-state index contributed by atoms with van der Waals surface area (Å²) in [6.07, 6.45) is 0. The molecule has 0 aliphatic heterocycles. The topological polar surface area (TPSA) is 19.1 Å². The van der Waals surface area contributed by atoms with Crippen LogP contribution in [0.2, 0.25) is 0 Å². The lowest BCUT2D eigenvalue weighted by molar-refractivity contribution is 1.17. The van der Waals surface area contributed by atoms with E-state index in [9.17, 15) is 0 Å². The van der Waals surface area contributed by atoms with E-state index in [2.05, 4.69) is 188 Å². The van der Waals surface area contributed by atoms with E-state index in [0.29, 0.717) is 5.69 Å². The van der Waals surface area contributed by atoms with Crippen molar-refractivity contribution in [2.24, 2.45) is 0 Å². The van der Waals surface area contributed by atoms with Gasteiger partial charge in [-0.05, 0) is 78.4 Å². The summed E-state index contributed by atoms with van der Waals surface area (Å²) in [5.74, 6) is 0. The third-order valence-electron chi connectivity index (χ3n) is 10.8. The highest BCUT2D eigenvalue weighted by Gasteiger charge is 2.22. The Morgan fingerprint density at radius 3 is 1.45 bits per heavy atom. The molecule has 8 aromatic carbocycles. The fourth-order valence-corrected chi connectivity index (χ4v) is 8.69. The van der Waals surface area contributed by atoms with Crippen LogP contribution < -0.4 is 0 Å². The zero-order valence-electron chi connectivity index (χ0n) is 28.6. The first-order chi connectivity index (χ1) is 26.3. The molecular weight excluding hydrogens is 645 g/mol. The van der Waals surface area contributed by atoms with Gasteiger partial charge in [-0.3, -0.25) is 0 Å². The summed E-state index contributed by atoms with van der Waals surface area (Å²) >= 11 is 0. The van der Waals surface area contributed by atoms with Crippen molar-refractivity contribution in [3.05, 3.63) is 193 Å². The summed E-state index contributed by atoms with van der Waals surface area (Å²) in [6.45, 7) is 8.18. The molecular formula is C49H30N4. The van der Waals surface area contributed by atoms with Gasteiger partial charge >= 0.3 is 0 Å². The Labute approximate surface area is 305 Å². The maximum atomic E-state index is 8.18. The van der Waals surface area contributed by atoms with Gasteiger partial charge in [-0.15, -0.1) is 0 Å². The molecule has 0 aliphatic rings. The minimum Gasteiger partial charge on any atom is -0.310 e. The summed E-state index contributed by atoms with van der Waals surface area (Å²) in [5.41, 5.74) is 12.7. The number of rotatable bonds is 4. The first kappa shape index (κ1) is 29.4. The summed E-state index contributed by atoms with van der Waals surface area (Å²) < 4.78 is 7.10. The zero-order chi connectivity index (χ0) is 35.0. The molecule has 0 spiro atoms. The molecule has 11 aromatic rings. The highest BCUT2D eigenvalue weighted by Crippen LogP contribution is 2.44. The van der Waals surface area contributed by atoms with E-state index < -0.39 is 0 Å². The highest BCUT2D eigenvalue weighted by atomic mass is 15.0. The molecule has 0 aliphatic carbocycles. The molecule has 53 heavy (non-hydrogen) atoms. The Bertz CT molecular complexity index is 3240. The van der Waals surface area contributed by atoms with E-state index in [0.717, 1.165) is 50.3 Å². The molecule has 0 saturated carbocycles. The lowest BCUT2D eigenvalue weighted by Crippen LogP contribution is -1.99. The van der Waals surface area contributed by atoms with Crippen molar-refractivity contribution < 1.29 is 0 Å². The van der Waals surface area contributed by atoms with Crippen molar-refractivity contribution in [1.29, 1.82) is 0 Å². The van der Waals surface area contributed by atoms with Crippen LogP contribution in [-0.2, 0) is 0 Å². The minimum absolute atomic E-state index is 0.604. The smallest absolute Gasteiger partial charge is 0.189 e. The summed E-state index contributed by atoms with van der Waals surface area (Å²) in [6, 6.07) is 64.7. The third-order valence-corrected chi connectivity index (χ3v) is 10.8. The van der Waals surface area contributed by atoms with Gasteiger partial charge in [-0.1, -0.05) is 109 Å². The van der Waals surface area contributed by atoms with Crippen LogP contribution in [0.3, 0.4) is 0 Å². The van der Waals surface area contributed by atoms with E-state index >= 15 is 0 Å². The molecule has 0 bridgehead atoms. The summed E-state index contributed by atoms with van der Waals surface area (Å²) in [7, 11) is 0. The summed E-state index contributed by atoms with van der Waals surface area (Å²) in [5, 5.41) is 7.32. The number of para-hydroxylation sites is 6.